The fraction of sp³-hybridized carbons (Fsp3) is 0.250. The van der Waals surface area contributed by atoms with Crippen LogP contribution >= 0.6 is 11.3 Å². The van der Waals surface area contributed by atoms with Gasteiger partial charge in [-0.1, -0.05) is 13.0 Å². The molecule has 0 amide bonds. The first kappa shape index (κ1) is 21.2. The Morgan fingerprint density at radius 3 is 2.71 bits per heavy atom. The number of ether oxygens (including phenoxy) is 2. The van der Waals surface area contributed by atoms with E-state index >= 15 is 0 Å². The number of pyridine rings is 1. The van der Waals surface area contributed by atoms with Crippen LogP contribution in [-0.2, 0) is 24.0 Å². The lowest BCUT2D eigenvalue weighted by Crippen LogP contribution is -2.29. The van der Waals surface area contributed by atoms with Crippen LogP contribution < -0.4 is 10.3 Å². The molecule has 7 heteroatoms. The van der Waals surface area contributed by atoms with Crippen LogP contribution in [0.3, 0.4) is 0 Å². The van der Waals surface area contributed by atoms with Gasteiger partial charge in [-0.25, -0.2) is 9.37 Å². The van der Waals surface area contributed by atoms with Crippen LogP contribution in [0.5, 0.6) is 5.75 Å². The number of hydrogen-bond acceptors (Lipinski definition) is 5. The molecule has 0 unspecified atom stereocenters. The monoisotopic (exact) mass is 438 g/mol. The summed E-state index contributed by atoms with van der Waals surface area (Å²) in [4.78, 5) is 16.2. The van der Waals surface area contributed by atoms with E-state index in [1.165, 1.54) is 23.5 Å². The first-order chi connectivity index (χ1) is 15.0. The van der Waals surface area contributed by atoms with Gasteiger partial charge >= 0.3 is 0 Å². The molecule has 2 aromatic carbocycles. The average molecular weight is 439 g/mol. The predicted octanol–water partition coefficient (Wildman–Crippen LogP) is 5.01. The van der Waals surface area contributed by atoms with Crippen molar-refractivity contribution in [2.75, 3.05) is 7.11 Å². The van der Waals surface area contributed by atoms with Crippen LogP contribution in [0.2, 0.25) is 0 Å². The highest BCUT2D eigenvalue weighted by Gasteiger charge is 2.36. The van der Waals surface area contributed by atoms with Crippen LogP contribution in [-0.4, -0.2) is 16.7 Å². The quantitative estimate of drug-likeness (QED) is 0.407. The fourth-order valence-electron chi connectivity index (χ4n) is 3.82. The van der Waals surface area contributed by atoms with Gasteiger partial charge in [0.25, 0.3) is 5.56 Å². The van der Waals surface area contributed by atoms with Gasteiger partial charge in [0.15, 0.2) is 0 Å². The first-order valence-electron chi connectivity index (χ1n) is 9.94. The van der Waals surface area contributed by atoms with Gasteiger partial charge in [0.2, 0.25) is 0 Å². The second-order valence-corrected chi connectivity index (χ2v) is 8.20. The molecule has 0 fully saturated rings. The molecule has 2 heterocycles. The number of hydrogen-bond donors (Lipinski definition) is 0. The summed E-state index contributed by atoms with van der Waals surface area (Å²) in [6.07, 6.45) is 2.32. The highest BCUT2D eigenvalue weighted by Crippen LogP contribution is 2.39. The molecule has 1 atom stereocenters. The molecule has 4 rings (SSSR count). The standard InChI is InChI=1S/C24H23FN2O3S/c1-4-24(29-3,23-26-9-10-31-23)18-12-19(25)14-20(13-18)30-15-16-5-7-21-17(11-16)6-8-22(28)27(21)2/h5-14H,4,15H2,1-3H3/t24-/m0/s1. The van der Waals surface area contributed by atoms with Crippen molar-refractivity contribution in [3.63, 3.8) is 0 Å². The predicted molar refractivity (Wildman–Crippen MR) is 120 cm³/mol. The summed E-state index contributed by atoms with van der Waals surface area (Å²) < 4.78 is 27.9. The van der Waals surface area contributed by atoms with Crippen LogP contribution in [0.15, 0.2) is 64.9 Å². The third kappa shape index (κ3) is 3.98. The zero-order valence-electron chi connectivity index (χ0n) is 17.6. The molecule has 160 valence electrons. The molecule has 31 heavy (non-hydrogen) atoms. The zero-order chi connectivity index (χ0) is 22.0. The van der Waals surface area contributed by atoms with Gasteiger partial charge in [0.05, 0.1) is 5.52 Å². The lowest BCUT2D eigenvalue weighted by Gasteiger charge is -2.30. The topological polar surface area (TPSA) is 53.4 Å². The number of aryl methyl sites for hydroxylation is 1. The minimum atomic E-state index is -0.831. The van der Waals surface area contributed by atoms with E-state index in [1.54, 1.807) is 37.1 Å². The number of thiazole rings is 1. The number of nitrogens with zero attached hydrogens (tertiary/aromatic N) is 2. The number of rotatable bonds is 7. The van der Waals surface area contributed by atoms with Crippen molar-refractivity contribution in [3.8, 4) is 5.75 Å². The van der Waals surface area contributed by atoms with Crippen LogP contribution in [0, 0.1) is 5.82 Å². The highest BCUT2D eigenvalue weighted by atomic mass is 32.1. The minimum Gasteiger partial charge on any atom is -0.489 e. The Morgan fingerprint density at radius 2 is 2.00 bits per heavy atom. The van der Waals surface area contributed by atoms with Crippen molar-refractivity contribution in [2.45, 2.75) is 25.6 Å². The average Bonchev–Trinajstić information content (AvgIpc) is 3.31. The molecule has 0 spiro atoms. The Hall–Kier alpha value is -3.03. The molecule has 2 aromatic heterocycles. The first-order valence-corrected chi connectivity index (χ1v) is 10.8. The molecular formula is C24H23FN2O3S. The van der Waals surface area contributed by atoms with Crippen molar-refractivity contribution in [1.29, 1.82) is 0 Å². The van der Waals surface area contributed by atoms with E-state index in [1.807, 2.05) is 36.6 Å². The summed E-state index contributed by atoms with van der Waals surface area (Å²) in [6.45, 7) is 2.25. The molecule has 4 aromatic rings. The summed E-state index contributed by atoms with van der Waals surface area (Å²) in [5.74, 6) is 0.0226. The Kier molecular flexibility index (Phi) is 5.89. The molecular weight excluding hydrogens is 415 g/mol. The Bertz CT molecular complexity index is 1260. The molecule has 5 nitrogen and oxygen atoms in total. The van der Waals surface area contributed by atoms with Gasteiger partial charge in [-0.15, -0.1) is 11.3 Å². The molecule has 0 radical (unpaired) electrons. The SMILES string of the molecule is CC[C@](OC)(c1cc(F)cc(OCc2ccc3c(ccc(=O)n3C)c2)c1)c1nccs1. The molecule has 0 bridgehead atoms. The normalized spacial score (nSPS) is 13.3. The van der Waals surface area contributed by atoms with Crippen molar-refractivity contribution < 1.29 is 13.9 Å². The summed E-state index contributed by atoms with van der Waals surface area (Å²) in [5, 5.41) is 3.59. The van der Waals surface area contributed by atoms with Gasteiger partial charge in [-0.05, 0) is 53.3 Å². The van der Waals surface area contributed by atoms with Crippen molar-refractivity contribution in [3.05, 3.63) is 92.4 Å². The molecule has 0 aliphatic heterocycles. The zero-order valence-corrected chi connectivity index (χ0v) is 18.4. The summed E-state index contributed by atoms with van der Waals surface area (Å²) in [6, 6.07) is 13.7. The van der Waals surface area contributed by atoms with E-state index in [0.717, 1.165) is 21.5 Å². The molecule has 0 aliphatic carbocycles. The fourth-order valence-corrected chi connectivity index (χ4v) is 4.73. The third-order valence-electron chi connectivity index (χ3n) is 5.56. The van der Waals surface area contributed by atoms with Crippen molar-refractivity contribution >= 4 is 22.2 Å². The summed E-state index contributed by atoms with van der Waals surface area (Å²) in [7, 11) is 3.35. The Morgan fingerprint density at radius 1 is 1.16 bits per heavy atom. The summed E-state index contributed by atoms with van der Waals surface area (Å²) >= 11 is 1.48. The maximum absolute atomic E-state index is 14.5. The number of fused-ring (bicyclic) bond motifs is 1. The maximum Gasteiger partial charge on any atom is 0.250 e. The second-order valence-electron chi connectivity index (χ2n) is 7.31. The van der Waals surface area contributed by atoms with E-state index in [2.05, 4.69) is 4.98 Å². The minimum absolute atomic E-state index is 0.0541. The molecule has 0 saturated heterocycles. The van der Waals surface area contributed by atoms with Gasteiger partial charge in [0.1, 0.15) is 28.8 Å². The maximum atomic E-state index is 14.5. The van der Waals surface area contributed by atoms with Crippen molar-refractivity contribution in [1.82, 2.24) is 9.55 Å². The Balaban J connectivity index is 1.63. The largest absolute Gasteiger partial charge is 0.489 e. The van der Waals surface area contributed by atoms with Crippen LogP contribution in [0.25, 0.3) is 10.9 Å². The molecule has 0 aliphatic rings. The lowest BCUT2D eigenvalue weighted by molar-refractivity contribution is 0.0180. The van der Waals surface area contributed by atoms with Gasteiger partial charge in [-0.2, -0.15) is 0 Å². The van der Waals surface area contributed by atoms with Crippen LogP contribution in [0.1, 0.15) is 29.5 Å². The highest BCUT2D eigenvalue weighted by molar-refractivity contribution is 7.09. The van der Waals surface area contributed by atoms with E-state index in [0.29, 0.717) is 17.7 Å². The van der Waals surface area contributed by atoms with Gasteiger partial charge in [-0.3, -0.25) is 4.79 Å². The number of methoxy groups -OCH3 is 1. The van der Waals surface area contributed by atoms with Crippen molar-refractivity contribution in [2.24, 2.45) is 7.05 Å². The van der Waals surface area contributed by atoms with Gasteiger partial charge in [0, 0.05) is 37.9 Å². The number of aromatic nitrogens is 2. The second kappa shape index (κ2) is 8.61. The van der Waals surface area contributed by atoms with E-state index in [9.17, 15) is 9.18 Å². The smallest absolute Gasteiger partial charge is 0.250 e. The number of benzene rings is 2. The van der Waals surface area contributed by atoms with Gasteiger partial charge < -0.3 is 14.0 Å². The van der Waals surface area contributed by atoms with Crippen LogP contribution in [0.4, 0.5) is 4.39 Å². The van der Waals surface area contributed by atoms with E-state index in [-0.39, 0.29) is 12.2 Å². The van der Waals surface area contributed by atoms with E-state index < -0.39 is 11.4 Å². The molecule has 0 saturated carbocycles. The number of halogens is 1. The third-order valence-corrected chi connectivity index (χ3v) is 6.47. The Labute approximate surface area is 183 Å². The molecule has 0 N–H and O–H groups in total. The lowest BCUT2D eigenvalue weighted by atomic mass is 9.91. The summed E-state index contributed by atoms with van der Waals surface area (Å²) in [5.41, 5.74) is 1.55. The van der Waals surface area contributed by atoms with E-state index in [4.69, 9.17) is 9.47 Å².